The van der Waals surface area contributed by atoms with Gasteiger partial charge in [0.25, 0.3) is 5.56 Å². The van der Waals surface area contributed by atoms with Crippen molar-refractivity contribution >= 4 is 28.7 Å². The monoisotopic (exact) mass is 350 g/mol. The Morgan fingerprint density at radius 1 is 1.38 bits per heavy atom. The Bertz CT molecular complexity index is 781. The van der Waals surface area contributed by atoms with Crippen LogP contribution >= 0.6 is 11.8 Å². The molecule has 2 atom stereocenters. The number of H-pyrrole nitrogens is 1. The van der Waals surface area contributed by atoms with Gasteiger partial charge in [-0.05, 0) is 39.7 Å². The number of thioether (sulfide) groups is 1. The maximum atomic E-state index is 12.8. The molecule has 0 radical (unpaired) electrons. The number of carbonyl (C=O) groups is 1. The summed E-state index contributed by atoms with van der Waals surface area (Å²) in [6.45, 7) is 9.94. The van der Waals surface area contributed by atoms with Gasteiger partial charge in [-0.3, -0.25) is 14.2 Å². The van der Waals surface area contributed by atoms with Crippen molar-refractivity contribution in [3.8, 4) is 0 Å². The van der Waals surface area contributed by atoms with E-state index in [1.807, 2.05) is 40.7 Å². The van der Waals surface area contributed by atoms with Crippen LogP contribution in [0.3, 0.4) is 0 Å². The van der Waals surface area contributed by atoms with E-state index in [4.69, 9.17) is 0 Å². The first-order valence-electron chi connectivity index (χ1n) is 8.41. The van der Waals surface area contributed by atoms with E-state index in [-0.39, 0.29) is 29.3 Å². The smallest absolute Gasteiger partial charge is 0.278 e. The Balaban J connectivity index is 2.33. The molecule has 0 fully saturated rings. The number of aryl methyl sites for hydroxylation is 1. The molecule has 2 aromatic rings. The zero-order valence-electron chi connectivity index (χ0n) is 15.0. The fourth-order valence-corrected chi connectivity index (χ4v) is 3.32. The molecule has 0 aliphatic rings. The number of amides is 1. The summed E-state index contributed by atoms with van der Waals surface area (Å²) in [6, 6.07) is 2.04. The Labute approximate surface area is 146 Å². The normalized spacial score (nSPS) is 13.9. The number of hydrogen-bond acceptors (Lipinski definition) is 4. The van der Waals surface area contributed by atoms with Gasteiger partial charge in [0.15, 0.2) is 5.16 Å². The summed E-state index contributed by atoms with van der Waals surface area (Å²) < 4.78 is 1.69. The van der Waals surface area contributed by atoms with E-state index in [1.54, 1.807) is 4.57 Å². The van der Waals surface area contributed by atoms with E-state index in [9.17, 15) is 9.59 Å². The van der Waals surface area contributed by atoms with E-state index in [0.717, 1.165) is 18.5 Å². The molecule has 0 saturated carbocycles. The molecule has 0 aliphatic heterocycles. The van der Waals surface area contributed by atoms with Crippen LogP contribution in [-0.2, 0) is 4.79 Å². The molecule has 0 aliphatic carbocycles. The van der Waals surface area contributed by atoms with Gasteiger partial charge in [0.05, 0.1) is 11.3 Å². The molecule has 24 heavy (non-hydrogen) atoms. The molecule has 2 aromatic heterocycles. The SMILES string of the molecule is CCC(C)NC(=O)CSc1nc2cc(C)[nH]c2c(=O)n1C(C)CC. The molecule has 2 rings (SSSR count). The summed E-state index contributed by atoms with van der Waals surface area (Å²) in [7, 11) is 0. The maximum Gasteiger partial charge on any atom is 0.278 e. The summed E-state index contributed by atoms with van der Waals surface area (Å²) in [6.07, 6.45) is 1.71. The highest BCUT2D eigenvalue weighted by Crippen LogP contribution is 2.22. The average molecular weight is 350 g/mol. The van der Waals surface area contributed by atoms with Gasteiger partial charge in [0.2, 0.25) is 5.91 Å². The van der Waals surface area contributed by atoms with E-state index < -0.39 is 0 Å². The lowest BCUT2D eigenvalue weighted by Gasteiger charge is -2.17. The largest absolute Gasteiger partial charge is 0.353 e. The van der Waals surface area contributed by atoms with Gasteiger partial charge in [0.1, 0.15) is 5.52 Å². The second-order valence-electron chi connectivity index (χ2n) is 6.20. The molecule has 1 amide bonds. The summed E-state index contributed by atoms with van der Waals surface area (Å²) in [5.41, 5.74) is 2.01. The third-order valence-electron chi connectivity index (χ3n) is 4.17. The number of rotatable bonds is 7. The van der Waals surface area contributed by atoms with Crippen molar-refractivity contribution < 1.29 is 4.79 Å². The topological polar surface area (TPSA) is 79.8 Å². The van der Waals surface area contributed by atoms with Crippen molar-refractivity contribution in [3.05, 3.63) is 22.1 Å². The van der Waals surface area contributed by atoms with Crippen LogP contribution in [0.25, 0.3) is 11.0 Å². The van der Waals surface area contributed by atoms with Gasteiger partial charge in [0, 0.05) is 17.8 Å². The van der Waals surface area contributed by atoms with Crippen molar-refractivity contribution in [2.45, 2.75) is 64.7 Å². The lowest BCUT2D eigenvalue weighted by atomic mass is 10.2. The number of carbonyl (C=O) groups excluding carboxylic acids is 1. The lowest BCUT2D eigenvalue weighted by molar-refractivity contribution is -0.119. The number of hydrogen-bond donors (Lipinski definition) is 2. The lowest BCUT2D eigenvalue weighted by Crippen LogP contribution is -2.33. The summed E-state index contributed by atoms with van der Waals surface area (Å²) in [5.74, 6) is 0.215. The predicted octanol–water partition coefficient (Wildman–Crippen LogP) is 3.01. The zero-order chi connectivity index (χ0) is 17.9. The first kappa shape index (κ1) is 18.6. The third kappa shape index (κ3) is 4.01. The number of aromatic amines is 1. The molecule has 7 heteroatoms. The van der Waals surface area contributed by atoms with Crippen LogP contribution in [0.15, 0.2) is 16.0 Å². The van der Waals surface area contributed by atoms with Gasteiger partial charge >= 0.3 is 0 Å². The molecule has 2 heterocycles. The van der Waals surface area contributed by atoms with Gasteiger partial charge in [-0.15, -0.1) is 0 Å². The quantitative estimate of drug-likeness (QED) is 0.594. The molecule has 2 unspecified atom stereocenters. The van der Waals surface area contributed by atoms with Gasteiger partial charge in [-0.1, -0.05) is 25.6 Å². The van der Waals surface area contributed by atoms with Crippen LogP contribution in [-0.4, -0.2) is 32.2 Å². The van der Waals surface area contributed by atoms with Gasteiger partial charge < -0.3 is 10.3 Å². The van der Waals surface area contributed by atoms with Crippen molar-refractivity contribution in [1.29, 1.82) is 0 Å². The Morgan fingerprint density at radius 2 is 2.08 bits per heavy atom. The minimum absolute atomic E-state index is 0.0260. The molecule has 0 saturated heterocycles. The van der Waals surface area contributed by atoms with E-state index in [0.29, 0.717) is 16.2 Å². The fraction of sp³-hybridized carbons (Fsp3) is 0.588. The first-order valence-corrected chi connectivity index (χ1v) is 9.39. The molecule has 0 aromatic carbocycles. The Hall–Kier alpha value is -1.76. The fourth-order valence-electron chi connectivity index (χ4n) is 2.41. The third-order valence-corrected chi connectivity index (χ3v) is 5.12. The molecule has 132 valence electrons. The highest BCUT2D eigenvalue weighted by atomic mass is 32.2. The van der Waals surface area contributed by atoms with Crippen molar-refractivity contribution in [3.63, 3.8) is 0 Å². The van der Waals surface area contributed by atoms with Crippen molar-refractivity contribution in [2.75, 3.05) is 5.75 Å². The molecule has 6 nitrogen and oxygen atoms in total. The number of fused-ring (bicyclic) bond motifs is 1. The Morgan fingerprint density at radius 3 is 2.71 bits per heavy atom. The second kappa shape index (κ2) is 7.88. The van der Waals surface area contributed by atoms with Crippen molar-refractivity contribution in [1.82, 2.24) is 19.9 Å². The first-order chi connectivity index (χ1) is 11.4. The predicted molar refractivity (Wildman–Crippen MR) is 98.7 cm³/mol. The minimum atomic E-state index is -0.0766. The zero-order valence-corrected chi connectivity index (χ0v) is 15.8. The van der Waals surface area contributed by atoms with Crippen molar-refractivity contribution in [2.24, 2.45) is 0 Å². The van der Waals surface area contributed by atoms with Gasteiger partial charge in [-0.2, -0.15) is 0 Å². The van der Waals surface area contributed by atoms with E-state index in [2.05, 4.69) is 15.3 Å². The molecule has 2 N–H and O–H groups in total. The maximum absolute atomic E-state index is 12.8. The standard InChI is InChI=1S/C17H26N4O2S/c1-6-10(3)18-14(22)9-24-17-20-13-8-11(4)19-15(13)16(23)21(17)12(5)7-2/h8,10,12,19H,6-7,9H2,1-5H3,(H,18,22). The summed E-state index contributed by atoms with van der Waals surface area (Å²) >= 11 is 1.32. The minimum Gasteiger partial charge on any atom is -0.353 e. The van der Waals surface area contributed by atoms with Crippen LogP contribution < -0.4 is 10.9 Å². The van der Waals surface area contributed by atoms with E-state index >= 15 is 0 Å². The highest BCUT2D eigenvalue weighted by Gasteiger charge is 2.18. The molecular weight excluding hydrogens is 324 g/mol. The molecule has 0 bridgehead atoms. The molecular formula is C17H26N4O2S. The summed E-state index contributed by atoms with van der Waals surface area (Å²) in [5, 5.41) is 3.53. The second-order valence-corrected chi connectivity index (χ2v) is 7.15. The highest BCUT2D eigenvalue weighted by molar-refractivity contribution is 7.99. The van der Waals surface area contributed by atoms with E-state index in [1.165, 1.54) is 11.8 Å². The Kier molecular flexibility index (Phi) is 6.10. The number of nitrogens with zero attached hydrogens (tertiary/aromatic N) is 2. The van der Waals surface area contributed by atoms with Crippen LogP contribution in [0.1, 0.15) is 52.3 Å². The van der Waals surface area contributed by atoms with Crippen LogP contribution in [0.4, 0.5) is 0 Å². The summed E-state index contributed by atoms with van der Waals surface area (Å²) in [4.78, 5) is 32.5. The molecule has 0 spiro atoms. The van der Waals surface area contributed by atoms with Gasteiger partial charge in [-0.25, -0.2) is 4.98 Å². The van der Waals surface area contributed by atoms with Crippen LogP contribution in [0, 0.1) is 6.92 Å². The number of aromatic nitrogens is 3. The van der Waals surface area contributed by atoms with Crippen LogP contribution in [0.5, 0.6) is 0 Å². The average Bonchev–Trinajstić information content (AvgIpc) is 2.93. The van der Waals surface area contributed by atoms with Crippen LogP contribution in [0.2, 0.25) is 0 Å². The number of nitrogens with one attached hydrogen (secondary N) is 2.